The Hall–Kier alpha value is -0.830. The van der Waals surface area contributed by atoms with Gasteiger partial charge >= 0.3 is 0 Å². The molecule has 1 aromatic rings. The molecule has 0 radical (unpaired) electrons. The van der Waals surface area contributed by atoms with Crippen molar-refractivity contribution in [2.24, 2.45) is 10.9 Å². The number of nitrogens with zero attached hydrogens (tertiary/aromatic N) is 3. The monoisotopic (exact) mass is 477 g/mol. The van der Waals surface area contributed by atoms with Gasteiger partial charge in [-0.05, 0) is 44.7 Å². The summed E-state index contributed by atoms with van der Waals surface area (Å²) < 4.78 is 5.46. The zero-order valence-corrected chi connectivity index (χ0v) is 19.1. The summed E-state index contributed by atoms with van der Waals surface area (Å²) in [4.78, 5) is 6.86. The van der Waals surface area contributed by atoms with Crippen LogP contribution in [-0.4, -0.2) is 49.2 Å². The van der Waals surface area contributed by atoms with Crippen LogP contribution in [0.4, 0.5) is 0 Å². The zero-order valence-electron chi connectivity index (χ0n) is 16.8. The fourth-order valence-electron chi connectivity index (χ4n) is 3.54. The van der Waals surface area contributed by atoms with Crippen LogP contribution in [0.2, 0.25) is 0 Å². The van der Waals surface area contributed by atoms with Gasteiger partial charge in [0.2, 0.25) is 0 Å². The molecule has 2 N–H and O–H groups in total. The Labute approximate surface area is 175 Å². The molecule has 6 nitrogen and oxygen atoms in total. The second-order valence-electron chi connectivity index (χ2n) is 6.99. The minimum absolute atomic E-state index is 0. The molecule has 0 saturated carbocycles. The van der Waals surface area contributed by atoms with Gasteiger partial charge < -0.3 is 20.1 Å². The zero-order chi connectivity index (χ0) is 18.1. The quantitative estimate of drug-likeness (QED) is 0.323. The van der Waals surface area contributed by atoms with Crippen LogP contribution >= 0.6 is 24.0 Å². The van der Waals surface area contributed by atoms with E-state index in [4.69, 9.17) is 4.52 Å². The van der Waals surface area contributed by atoms with Crippen LogP contribution in [0.15, 0.2) is 15.6 Å². The summed E-state index contributed by atoms with van der Waals surface area (Å²) in [7, 11) is 1.81. The van der Waals surface area contributed by atoms with E-state index in [-0.39, 0.29) is 24.0 Å². The van der Waals surface area contributed by atoms with Gasteiger partial charge in [-0.25, -0.2) is 0 Å². The van der Waals surface area contributed by atoms with Crippen molar-refractivity contribution >= 4 is 29.9 Å². The molecular weight excluding hydrogens is 441 g/mol. The molecule has 1 aromatic heterocycles. The number of guanidine groups is 1. The highest BCUT2D eigenvalue weighted by Crippen LogP contribution is 2.22. The third kappa shape index (κ3) is 7.06. The van der Waals surface area contributed by atoms with Gasteiger partial charge in [0.05, 0.1) is 12.2 Å². The van der Waals surface area contributed by atoms with E-state index in [2.05, 4.69) is 52.5 Å². The highest BCUT2D eigenvalue weighted by molar-refractivity contribution is 14.0. The Kier molecular flexibility index (Phi) is 11.2. The van der Waals surface area contributed by atoms with Crippen molar-refractivity contribution in [3.05, 3.63) is 17.5 Å². The number of nitrogens with one attached hydrogen (secondary N) is 2. The molecule has 0 amide bonds. The van der Waals surface area contributed by atoms with Crippen molar-refractivity contribution in [2.45, 2.75) is 58.9 Å². The SMILES string of the molecule is CCCN1CCC(CNC(=NC)NCc2cc(C(CC)CC)no2)C1.I. The second kappa shape index (κ2) is 12.5. The van der Waals surface area contributed by atoms with Crippen LogP contribution in [0, 0.1) is 5.92 Å². The lowest BCUT2D eigenvalue weighted by atomic mass is 9.99. The first kappa shape index (κ1) is 23.2. The average molecular weight is 477 g/mol. The lowest BCUT2D eigenvalue weighted by Gasteiger charge is -2.16. The first-order valence-corrected chi connectivity index (χ1v) is 9.82. The molecule has 1 aliphatic heterocycles. The Bertz CT molecular complexity index is 530. The molecule has 1 fully saturated rings. The lowest BCUT2D eigenvalue weighted by Crippen LogP contribution is -2.39. The van der Waals surface area contributed by atoms with Crippen molar-refractivity contribution in [1.29, 1.82) is 0 Å². The summed E-state index contributed by atoms with van der Waals surface area (Å²) in [5.41, 5.74) is 1.06. The van der Waals surface area contributed by atoms with E-state index in [0.29, 0.717) is 18.4 Å². The van der Waals surface area contributed by atoms with Crippen molar-refractivity contribution in [3.8, 4) is 0 Å². The van der Waals surface area contributed by atoms with Gasteiger partial charge in [-0.15, -0.1) is 24.0 Å². The van der Waals surface area contributed by atoms with E-state index in [0.717, 1.165) is 36.8 Å². The van der Waals surface area contributed by atoms with Gasteiger partial charge in [0.1, 0.15) is 0 Å². The first-order chi connectivity index (χ1) is 12.2. The Morgan fingerprint density at radius 1 is 1.35 bits per heavy atom. The van der Waals surface area contributed by atoms with Crippen molar-refractivity contribution in [2.75, 3.05) is 33.2 Å². The molecule has 26 heavy (non-hydrogen) atoms. The van der Waals surface area contributed by atoms with Crippen molar-refractivity contribution in [3.63, 3.8) is 0 Å². The number of halogens is 1. The van der Waals surface area contributed by atoms with E-state index in [9.17, 15) is 0 Å². The van der Waals surface area contributed by atoms with E-state index in [1.54, 1.807) is 0 Å². The molecule has 1 aliphatic rings. The maximum atomic E-state index is 5.46. The maximum absolute atomic E-state index is 5.46. The lowest BCUT2D eigenvalue weighted by molar-refractivity contribution is 0.324. The molecular formula is C19H36IN5O. The summed E-state index contributed by atoms with van der Waals surface area (Å²) in [6.45, 7) is 11.8. The summed E-state index contributed by atoms with van der Waals surface area (Å²) in [5, 5.41) is 11.0. The van der Waals surface area contributed by atoms with Gasteiger partial charge in [0.25, 0.3) is 0 Å². The molecule has 1 saturated heterocycles. The van der Waals surface area contributed by atoms with Gasteiger partial charge in [-0.2, -0.15) is 0 Å². The Morgan fingerprint density at radius 2 is 2.12 bits per heavy atom. The maximum Gasteiger partial charge on any atom is 0.191 e. The minimum Gasteiger partial charge on any atom is -0.359 e. The Balaban J connectivity index is 0.00000338. The van der Waals surface area contributed by atoms with Crippen LogP contribution in [-0.2, 0) is 6.54 Å². The summed E-state index contributed by atoms with van der Waals surface area (Å²) in [6.07, 6.45) is 4.69. The van der Waals surface area contributed by atoms with Gasteiger partial charge in [0.15, 0.2) is 11.7 Å². The van der Waals surface area contributed by atoms with Gasteiger partial charge in [0, 0.05) is 32.1 Å². The summed E-state index contributed by atoms with van der Waals surface area (Å²) in [5.74, 6) is 2.88. The van der Waals surface area contributed by atoms with E-state index < -0.39 is 0 Å². The third-order valence-electron chi connectivity index (χ3n) is 5.10. The van der Waals surface area contributed by atoms with Crippen LogP contribution in [0.1, 0.15) is 63.8 Å². The molecule has 2 heterocycles. The average Bonchev–Trinajstić information content (AvgIpc) is 3.26. The molecule has 150 valence electrons. The molecule has 2 rings (SSSR count). The van der Waals surface area contributed by atoms with E-state index >= 15 is 0 Å². The summed E-state index contributed by atoms with van der Waals surface area (Å²) in [6, 6.07) is 2.07. The molecule has 0 aromatic carbocycles. The molecule has 0 aliphatic carbocycles. The van der Waals surface area contributed by atoms with Crippen LogP contribution in [0.3, 0.4) is 0 Å². The number of hydrogen-bond donors (Lipinski definition) is 2. The fourth-order valence-corrected chi connectivity index (χ4v) is 3.54. The standard InChI is InChI=1S/C19H35N5O.HI/c1-5-9-24-10-8-15(14-24)12-21-19(20-4)22-13-17-11-18(23-25-17)16(6-2)7-3;/h11,15-16H,5-10,12-14H2,1-4H3,(H2,20,21,22);1H. The molecule has 1 unspecified atom stereocenters. The number of aromatic nitrogens is 1. The largest absolute Gasteiger partial charge is 0.359 e. The predicted octanol–water partition coefficient (Wildman–Crippen LogP) is 3.59. The number of rotatable bonds is 9. The third-order valence-corrected chi connectivity index (χ3v) is 5.10. The fraction of sp³-hybridized carbons (Fsp3) is 0.789. The topological polar surface area (TPSA) is 65.7 Å². The Morgan fingerprint density at radius 3 is 2.77 bits per heavy atom. The molecule has 0 spiro atoms. The van der Waals surface area contributed by atoms with E-state index in [1.165, 1.54) is 32.5 Å². The molecule has 0 bridgehead atoms. The number of likely N-dealkylation sites (tertiary alicyclic amines) is 1. The van der Waals surface area contributed by atoms with Gasteiger partial charge in [-0.1, -0.05) is 25.9 Å². The minimum atomic E-state index is 0. The van der Waals surface area contributed by atoms with Crippen LogP contribution in [0.25, 0.3) is 0 Å². The van der Waals surface area contributed by atoms with Crippen LogP contribution in [0.5, 0.6) is 0 Å². The smallest absolute Gasteiger partial charge is 0.191 e. The second-order valence-corrected chi connectivity index (χ2v) is 6.99. The van der Waals surface area contributed by atoms with Crippen molar-refractivity contribution in [1.82, 2.24) is 20.7 Å². The predicted molar refractivity (Wildman–Crippen MR) is 118 cm³/mol. The number of aliphatic imine (C=N–C) groups is 1. The van der Waals surface area contributed by atoms with Crippen LogP contribution < -0.4 is 10.6 Å². The number of hydrogen-bond acceptors (Lipinski definition) is 4. The van der Waals surface area contributed by atoms with Crippen molar-refractivity contribution < 1.29 is 4.52 Å². The molecule has 7 heteroatoms. The first-order valence-electron chi connectivity index (χ1n) is 9.82. The van der Waals surface area contributed by atoms with Gasteiger partial charge in [-0.3, -0.25) is 4.99 Å². The normalized spacial score (nSPS) is 18.2. The molecule has 1 atom stereocenters. The van der Waals surface area contributed by atoms with E-state index in [1.807, 2.05) is 7.05 Å². The summed E-state index contributed by atoms with van der Waals surface area (Å²) >= 11 is 0. The highest BCUT2D eigenvalue weighted by atomic mass is 127. The highest BCUT2D eigenvalue weighted by Gasteiger charge is 2.21.